The highest BCUT2D eigenvalue weighted by Gasteiger charge is 2.29. The second kappa shape index (κ2) is 11.9. The van der Waals surface area contributed by atoms with Gasteiger partial charge < -0.3 is 14.8 Å². The van der Waals surface area contributed by atoms with E-state index in [4.69, 9.17) is 21.7 Å². The van der Waals surface area contributed by atoms with Gasteiger partial charge in [0, 0.05) is 29.3 Å². The van der Waals surface area contributed by atoms with Gasteiger partial charge >= 0.3 is 0 Å². The van der Waals surface area contributed by atoms with Crippen molar-refractivity contribution in [3.05, 3.63) is 59.7 Å². The predicted molar refractivity (Wildman–Crippen MR) is 127 cm³/mol. The van der Waals surface area contributed by atoms with Crippen molar-refractivity contribution in [3.63, 3.8) is 0 Å². The SMILES string of the molecule is CCOCCOc1cccc(C(=O)NC(=S)NNC(=O)c2ccc(NC(=O)C3CC3)cc2)c1. The van der Waals surface area contributed by atoms with E-state index in [0.717, 1.165) is 12.8 Å². The van der Waals surface area contributed by atoms with Crippen LogP contribution in [0.4, 0.5) is 5.69 Å². The fraction of sp³-hybridized carbons (Fsp3) is 0.304. The molecule has 1 fully saturated rings. The molecule has 0 aliphatic heterocycles. The molecule has 3 amide bonds. The number of nitrogens with one attached hydrogen (secondary N) is 4. The van der Waals surface area contributed by atoms with Crippen molar-refractivity contribution in [1.82, 2.24) is 16.2 Å². The Bertz CT molecular complexity index is 1010. The molecule has 174 valence electrons. The second-order valence-corrected chi connectivity index (χ2v) is 7.68. The number of thiocarbonyl (C=S) groups is 1. The average molecular weight is 471 g/mol. The topological polar surface area (TPSA) is 118 Å². The van der Waals surface area contributed by atoms with Crippen molar-refractivity contribution < 1.29 is 23.9 Å². The van der Waals surface area contributed by atoms with Gasteiger partial charge in [0.05, 0.1) is 6.61 Å². The standard InChI is InChI=1S/C23H26N4O5S/c1-2-31-12-13-32-19-5-3-4-17(14-19)21(29)25-23(33)27-26-22(30)16-8-10-18(11-9-16)24-20(28)15-6-7-15/h3-5,8-11,14-15H,2,6-7,12-13H2,1H3,(H,24,28)(H,26,30)(H2,25,27,29,33). The van der Waals surface area contributed by atoms with Gasteiger partial charge in [-0.1, -0.05) is 6.07 Å². The van der Waals surface area contributed by atoms with E-state index in [9.17, 15) is 14.4 Å². The molecule has 0 unspecified atom stereocenters. The summed E-state index contributed by atoms with van der Waals surface area (Å²) in [5.41, 5.74) is 6.26. The third kappa shape index (κ3) is 7.85. The van der Waals surface area contributed by atoms with Gasteiger partial charge in [0.15, 0.2) is 5.11 Å². The van der Waals surface area contributed by atoms with E-state index < -0.39 is 11.8 Å². The quantitative estimate of drug-likeness (QED) is 0.253. The minimum Gasteiger partial charge on any atom is -0.491 e. The molecule has 0 bridgehead atoms. The molecule has 1 aliphatic rings. The molecule has 0 radical (unpaired) electrons. The molecule has 4 N–H and O–H groups in total. The summed E-state index contributed by atoms with van der Waals surface area (Å²) in [7, 11) is 0. The Kier molecular flexibility index (Phi) is 8.73. The van der Waals surface area contributed by atoms with Crippen LogP contribution < -0.4 is 26.2 Å². The molecule has 0 spiro atoms. The van der Waals surface area contributed by atoms with Crippen molar-refractivity contribution >= 4 is 40.7 Å². The lowest BCUT2D eigenvalue weighted by atomic mass is 10.2. The monoisotopic (exact) mass is 470 g/mol. The van der Waals surface area contributed by atoms with Crippen LogP contribution in [0.5, 0.6) is 5.75 Å². The first kappa shape index (κ1) is 24.1. The Morgan fingerprint density at radius 2 is 1.73 bits per heavy atom. The van der Waals surface area contributed by atoms with Crippen LogP contribution in [0.1, 0.15) is 40.5 Å². The Balaban J connectivity index is 1.43. The highest BCUT2D eigenvalue weighted by molar-refractivity contribution is 7.80. The zero-order valence-corrected chi connectivity index (χ0v) is 19.0. The lowest BCUT2D eigenvalue weighted by Gasteiger charge is -2.12. The zero-order valence-electron chi connectivity index (χ0n) is 18.2. The Labute approximate surface area is 197 Å². The van der Waals surface area contributed by atoms with Crippen LogP contribution in [0.2, 0.25) is 0 Å². The van der Waals surface area contributed by atoms with Gasteiger partial charge in [-0.25, -0.2) is 0 Å². The lowest BCUT2D eigenvalue weighted by Crippen LogP contribution is -2.48. The molecule has 33 heavy (non-hydrogen) atoms. The maximum absolute atomic E-state index is 12.4. The van der Waals surface area contributed by atoms with Crippen LogP contribution in [0.15, 0.2) is 48.5 Å². The molecule has 10 heteroatoms. The number of hydrogen-bond donors (Lipinski definition) is 4. The molecule has 0 saturated heterocycles. The van der Waals surface area contributed by atoms with Crippen molar-refractivity contribution in [2.24, 2.45) is 5.92 Å². The molecule has 0 heterocycles. The van der Waals surface area contributed by atoms with Gasteiger partial charge in [0.25, 0.3) is 11.8 Å². The summed E-state index contributed by atoms with van der Waals surface area (Å²) in [5, 5.41) is 5.24. The Hall–Kier alpha value is -3.50. The largest absolute Gasteiger partial charge is 0.491 e. The summed E-state index contributed by atoms with van der Waals surface area (Å²) in [4.78, 5) is 36.5. The van der Waals surface area contributed by atoms with E-state index in [2.05, 4.69) is 21.5 Å². The summed E-state index contributed by atoms with van der Waals surface area (Å²) in [5.74, 6) is -0.267. The van der Waals surface area contributed by atoms with Crippen LogP contribution in [0.3, 0.4) is 0 Å². The van der Waals surface area contributed by atoms with E-state index in [0.29, 0.717) is 42.4 Å². The molecule has 2 aromatic rings. The summed E-state index contributed by atoms with van der Waals surface area (Å²) >= 11 is 5.08. The van der Waals surface area contributed by atoms with E-state index >= 15 is 0 Å². The lowest BCUT2D eigenvalue weighted by molar-refractivity contribution is -0.117. The molecule has 2 aromatic carbocycles. The molecule has 0 atom stereocenters. The van der Waals surface area contributed by atoms with Gasteiger partial charge in [0.1, 0.15) is 12.4 Å². The van der Waals surface area contributed by atoms with Crippen LogP contribution in [-0.2, 0) is 9.53 Å². The van der Waals surface area contributed by atoms with Crippen LogP contribution in [-0.4, -0.2) is 42.7 Å². The Morgan fingerprint density at radius 3 is 2.42 bits per heavy atom. The first-order valence-electron chi connectivity index (χ1n) is 10.6. The number of rotatable bonds is 9. The smallest absolute Gasteiger partial charge is 0.269 e. The van der Waals surface area contributed by atoms with Gasteiger partial charge in [-0.3, -0.25) is 30.6 Å². The van der Waals surface area contributed by atoms with E-state index in [1.807, 2.05) is 6.92 Å². The van der Waals surface area contributed by atoms with Gasteiger partial charge in [0.2, 0.25) is 5.91 Å². The minimum atomic E-state index is -0.451. The van der Waals surface area contributed by atoms with Gasteiger partial charge in [-0.05, 0) is 74.4 Å². The van der Waals surface area contributed by atoms with Crippen LogP contribution in [0, 0.1) is 5.92 Å². The molecular weight excluding hydrogens is 444 g/mol. The summed E-state index contributed by atoms with van der Waals surface area (Å²) in [6.07, 6.45) is 1.84. The maximum atomic E-state index is 12.4. The van der Waals surface area contributed by atoms with Gasteiger partial charge in [-0.2, -0.15) is 0 Å². The third-order valence-electron chi connectivity index (χ3n) is 4.68. The van der Waals surface area contributed by atoms with Gasteiger partial charge in [-0.15, -0.1) is 0 Å². The fourth-order valence-corrected chi connectivity index (χ4v) is 2.92. The first-order chi connectivity index (χ1) is 16.0. The van der Waals surface area contributed by atoms with Crippen molar-refractivity contribution in [3.8, 4) is 5.75 Å². The number of amides is 3. The minimum absolute atomic E-state index is 0.00225. The van der Waals surface area contributed by atoms with Crippen molar-refractivity contribution in [2.45, 2.75) is 19.8 Å². The number of carbonyl (C=O) groups is 3. The zero-order chi connectivity index (χ0) is 23.6. The molecular formula is C23H26N4O5S. The summed E-state index contributed by atoms with van der Waals surface area (Å²) in [6, 6.07) is 13.1. The van der Waals surface area contributed by atoms with E-state index in [1.165, 1.54) is 0 Å². The number of carbonyl (C=O) groups excluding carboxylic acids is 3. The number of hydrogen-bond acceptors (Lipinski definition) is 6. The second-order valence-electron chi connectivity index (χ2n) is 7.28. The number of ether oxygens (including phenoxy) is 2. The predicted octanol–water partition coefficient (Wildman–Crippen LogP) is 2.40. The normalized spacial score (nSPS) is 12.4. The third-order valence-corrected chi connectivity index (χ3v) is 4.88. The number of benzene rings is 2. The fourth-order valence-electron chi connectivity index (χ4n) is 2.78. The van der Waals surface area contributed by atoms with Crippen molar-refractivity contribution in [2.75, 3.05) is 25.1 Å². The first-order valence-corrected chi connectivity index (χ1v) is 11.0. The molecule has 0 aromatic heterocycles. The molecule has 1 saturated carbocycles. The maximum Gasteiger partial charge on any atom is 0.269 e. The van der Waals surface area contributed by atoms with Crippen LogP contribution >= 0.6 is 12.2 Å². The summed E-state index contributed by atoms with van der Waals surface area (Å²) < 4.78 is 10.8. The summed E-state index contributed by atoms with van der Waals surface area (Å²) in [6.45, 7) is 3.34. The average Bonchev–Trinajstić information content (AvgIpc) is 3.67. The Morgan fingerprint density at radius 1 is 0.970 bits per heavy atom. The molecule has 1 aliphatic carbocycles. The number of hydrazine groups is 1. The highest BCUT2D eigenvalue weighted by atomic mass is 32.1. The molecule has 3 rings (SSSR count). The highest BCUT2D eigenvalue weighted by Crippen LogP contribution is 2.30. The van der Waals surface area contributed by atoms with Crippen LogP contribution in [0.25, 0.3) is 0 Å². The number of anilines is 1. The molecule has 9 nitrogen and oxygen atoms in total. The van der Waals surface area contributed by atoms with Crippen molar-refractivity contribution in [1.29, 1.82) is 0 Å². The van der Waals surface area contributed by atoms with E-state index in [1.54, 1.807) is 48.5 Å². The van der Waals surface area contributed by atoms with E-state index in [-0.39, 0.29) is 16.9 Å².